The first-order chi connectivity index (χ1) is 10.1. The molecule has 5 heteroatoms. The van der Waals surface area contributed by atoms with Crippen molar-refractivity contribution in [2.24, 2.45) is 0 Å². The molecule has 0 aliphatic rings. The molecular weight excluding hydrogens is 264 g/mol. The predicted molar refractivity (Wildman–Crippen MR) is 78.2 cm³/mol. The molecule has 2 rings (SSSR count). The van der Waals surface area contributed by atoms with Crippen molar-refractivity contribution in [3.05, 3.63) is 41.0 Å². The number of aromatic amines is 1. The fraction of sp³-hybridized carbons (Fsp3) is 0.188. The number of nitrogens with two attached hydrogens (primary N) is 1. The number of aromatic nitrogens is 1. The van der Waals surface area contributed by atoms with E-state index >= 15 is 0 Å². The molecule has 0 unspecified atom stereocenters. The Hall–Kier alpha value is -3.05. The van der Waals surface area contributed by atoms with Crippen LogP contribution in [0, 0.1) is 29.6 Å². The highest BCUT2D eigenvalue weighted by atomic mass is 16.5. The van der Waals surface area contributed by atoms with E-state index in [1.54, 1.807) is 0 Å². The quantitative estimate of drug-likeness (QED) is 0.931. The van der Waals surface area contributed by atoms with Crippen molar-refractivity contribution in [1.29, 1.82) is 10.5 Å². The lowest BCUT2D eigenvalue weighted by molar-refractivity contribution is -0.377. The second-order valence-corrected chi connectivity index (χ2v) is 4.46. The summed E-state index contributed by atoms with van der Waals surface area (Å²) in [5.41, 5.74) is 8.72. The molecule has 0 spiro atoms. The number of nitrogens with one attached hydrogen (secondary N) is 1. The van der Waals surface area contributed by atoms with Gasteiger partial charge in [-0.15, -0.1) is 0 Å². The Kier molecular flexibility index (Phi) is 4.06. The van der Waals surface area contributed by atoms with Crippen LogP contribution in [0.25, 0.3) is 11.1 Å². The summed E-state index contributed by atoms with van der Waals surface area (Å²) >= 11 is 0. The molecule has 0 saturated heterocycles. The smallest absolute Gasteiger partial charge is 0.301 e. The van der Waals surface area contributed by atoms with E-state index < -0.39 is 0 Å². The number of aryl methyl sites for hydroxylation is 1. The number of H-pyrrole nitrogens is 1. The summed E-state index contributed by atoms with van der Waals surface area (Å²) in [5.74, 6) is 0.480. The standard InChI is InChI=1S/C16H14N4O/c1-3-21-16-13(9-18)14(12(8-17)15(19)20-16)11-7-5-4-6-10(11)2/h4-7H,3H2,1-2H3,(H2,19,20)/p+1. The van der Waals surface area contributed by atoms with Crippen LogP contribution in [-0.2, 0) is 0 Å². The Morgan fingerprint density at radius 2 is 1.86 bits per heavy atom. The second-order valence-electron chi connectivity index (χ2n) is 4.46. The number of hydrogen-bond acceptors (Lipinski definition) is 4. The van der Waals surface area contributed by atoms with Gasteiger partial charge in [0.25, 0.3) is 5.82 Å². The Morgan fingerprint density at radius 1 is 1.19 bits per heavy atom. The number of benzene rings is 1. The van der Waals surface area contributed by atoms with Crippen LogP contribution in [0.4, 0.5) is 5.82 Å². The number of ether oxygens (including phenoxy) is 1. The van der Waals surface area contributed by atoms with Crippen LogP contribution in [0.1, 0.15) is 23.6 Å². The minimum absolute atomic E-state index is 0.193. The summed E-state index contributed by atoms with van der Waals surface area (Å²) in [6.07, 6.45) is 0. The van der Waals surface area contributed by atoms with Crippen molar-refractivity contribution < 1.29 is 9.72 Å². The summed E-state index contributed by atoms with van der Waals surface area (Å²) in [4.78, 5) is 2.79. The normalized spacial score (nSPS) is 9.71. The third-order valence-corrected chi connectivity index (χ3v) is 3.17. The van der Waals surface area contributed by atoms with Gasteiger partial charge in [0.15, 0.2) is 5.56 Å². The molecule has 0 aliphatic carbocycles. The number of nitrogens with zero attached hydrogens (tertiary/aromatic N) is 2. The highest BCUT2D eigenvalue weighted by Gasteiger charge is 2.25. The van der Waals surface area contributed by atoms with E-state index in [9.17, 15) is 10.5 Å². The van der Waals surface area contributed by atoms with E-state index in [0.717, 1.165) is 11.1 Å². The van der Waals surface area contributed by atoms with E-state index in [0.29, 0.717) is 12.2 Å². The number of nitriles is 2. The fourth-order valence-electron chi connectivity index (χ4n) is 2.22. The lowest BCUT2D eigenvalue weighted by atomic mass is 9.93. The Morgan fingerprint density at radius 3 is 2.43 bits per heavy atom. The first kappa shape index (κ1) is 14.4. The molecule has 0 amide bonds. The number of anilines is 1. The molecule has 1 heterocycles. The van der Waals surface area contributed by atoms with Gasteiger partial charge in [0.2, 0.25) is 0 Å². The SMILES string of the molecule is CCOc1[nH+]c(N)c(C#N)c(-c2ccccc2C)c1C#N. The predicted octanol–water partition coefficient (Wildman–Crippen LogP) is 2.20. The number of hydrogen-bond donors (Lipinski definition) is 1. The molecule has 1 aromatic carbocycles. The molecule has 104 valence electrons. The fourth-order valence-corrected chi connectivity index (χ4v) is 2.22. The third-order valence-electron chi connectivity index (χ3n) is 3.17. The zero-order valence-electron chi connectivity index (χ0n) is 11.9. The van der Waals surface area contributed by atoms with Crippen molar-refractivity contribution in [1.82, 2.24) is 0 Å². The number of rotatable bonds is 3. The molecule has 2 aromatic rings. The van der Waals surface area contributed by atoms with Crippen LogP contribution < -0.4 is 15.5 Å². The van der Waals surface area contributed by atoms with Crippen LogP contribution in [-0.4, -0.2) is 6.61 Å². The summed E-state index contributed by atoms with van der Waals surface area (Å²) in [7, 11) is 0. The maximum Gasteiger partial charge on any atom is 0.301 e. The summed E-state index contributed by atoms with van der Waals surface area (Å²) < 4.78 is 5.44. The van der Waals surface area contributed by atoms with Gasteiger partial charge in [0.05, 0.1) is 6.61 Å². The lowest BCUT2D eigenvalue weighted by Gasteiger charge is -2.12. The van der Waals surface area contributed by atoms with Gasteiger partial charge in [-0.3, -0.25) is 5.73 Å². The van der Waals surface area contributed by atoms with E-state index in [2.05, 4.69) is 17.1 Å². The lowest BCUT2D eigenvalue weighted by Crippen LogP contribution is -2.19. The van der Waals surface area contributed by atoms with Gasteiger partial charge in [-0.2, -0.15) is 10.5 Å². The number of pyridine rings is 1. The monoisotopic (exact) mass is 279 g/mol. The molecule has 0 aliphatic heterocycles. The van der Waals surface area contributed by atoms with Gasteiger partial charge in [0.1, 0.15) is 17.7 Å². The average molecular weight is 279 g/mol. The summed E-state index contributed by atoms with van der Waals surface area (Å²) in [6.45, 7) is 4.13. The van der Waals surface area contributed by atoms with Crippen LogP contribution in [0.5, 0.6) is 5.88 Å². The van der Waals surface area contributed by atoms with E-state index in [1.165, 1.54) is 0 Å². The van der Waals surface area contributed by atoms with Crippen LogP contribution >= 0.6 is 0 Å². The van der Waals surface area contributed by atoms with Gasteiger partial charge in [-0.25, -0.2) is 4.98 Å². The van der Waals surface area contributed by atoms with Crippen molar-refractivity contribution in [3.63, 3.8) is 0 Å². The maximum atomic E-state index is 9.49. The molecule has 5 nitrogen and oxygen atoms in total. The largest absolute Gasteiger partial charge is 0.462 e. The molecule has 3 N–H and O–H groups in total. The Bertz CT molecular complexity index is 769. The third kappa shape index (κ3) is 2.50. The summed E-state index contributed by atoms with van der Waals surface area (Å²) in [6, 6.07) is 11.7. The van der Waals surface area contributed by atoms with Gasteiger partial charge < -0.3 is 4.74 Å². The van der Waals surface area contributed by atoms with Crippen LogP contribution in [0.2, 0.25) is 0 Å². The molecule has 21 heavy (non-hydrogen) atoms. The first-order valence-electron chi connectivity index (χ1n) is 6.51. The van der Waals surface area contributed by atoms with Crippen molar-refractivity contribution in [2.45, 2.75) is 13.8 Å². The van der Waals surface area contributed by atoms with Gasteiger partial charge in [-0.1, -0.05) is 24.3 Å². The van der Waals surface area contributed by atoms with Crippen molar-refractivity contribution in [3.8, 4) is 29.1 Å². The first-order valence-corrected chi connectivity index (χ1v) is 6.51. The van der Waals surface area contributed by atoms with E-state index in [-0.39, 0.29) is 22.8 Å². The van der Waals surface area contributed by atoms with E-state index in [1.807, 2.05) is 38.1 Å². The minimum Gasteiger partial charge on any atom is -0.462 e. The molecule has 0 radical (unpaired) electrons. The zero-order valence-corrected chi connectivity index (χ0v) is 11.9. The minimum atomic E-state index is 0.193. The van der Waals surface area contributed by atoms with Gasteiger partial charge in [0, 0.05) is 5.56 Å². The highest BCUT2D eigenvalue weighted by Crippen LogP contribution is 2.34. The average Bonchev–Trinajstić information content (AvgIpc) is 2.47. The molecule has 1 aromatic heterocycles. The Balaban J connectivity index is 2.89. The number of nitrogen functional groups attached to an aromatic ring is 1. The van der Waals surface area contributed by atoms with Crippen molar-refractivity contribution >= 4 is 5.82 Å². The molecule has 0 bridgehead atoms. The van der Waals surface area contributed by atoms with Crippen LogP contribution in [0.3, 0.4) is 0 Å². The van der Waals surface area contributed by atoms with Gasteiger partial charge >= 0.3 is 5.88 Å². The maximum absolute atomic E-state index is 9.49. The van der Waals surface area contributed by atoms with Gasteiger partial charge in [-0.05, 0) is 25.0 Å². The van der Waals surface area contributed by atoms with Crippen molar-refractivity contribution in [2.75, 3.05) is 12.3 Å². The van der Waals surface area contributed by atoms with Crippen LogP contribution in [0.15, 0.2) is 24.3 Å². The molecule has 0 atom stereocenters. The molecular formula is C16H15N4O+. The molecule has 0 saturated carbocycles. The van der Waals surface area contributed by atoms with E-state index in [4.69, 9.17) is 10.5 Å². The Labute approximate surface area is 123 Å². The molecule has 0 fully saturated rings. The summed E-state index contributed by atoms with van der Waals surface area (Å²) in [5, 5.41) is 18.9. The second kappa shape index (κ2) is 5.94. The zero-order chi connectivity index (χ0) is 15.4. The topological polar surface area (TPSA) is 97.0 Å². The highest BCUT2D eigenvalue weighted by molar-refractivity contribution is 5.82.